The van der Waals surface area contributed by atoms with E-state index in [1.54, 1.807) is 12.2 Å². The molecule has 0 heterocycles. The minimum atomic E-state index is 0.661. The van der Waals surface area contributed by atoms with E-state index < -0.39 is 0 Å². The maximum atomic E-state index is 3.84. The fourth-order valence-corrected chi connectivity index (χ4v) is 0.258. The molecule has 0 amide bonds. The van der Waals surface area contributed by atoms with E-state index in [-0.39, 0.29) is 0 Å². The van der Waals surface area contributed by atoms with E-state index in [1.165, 1.54) is 0 Å². The molecule has 8 heavy (non-hydrogen) atoms. The summed E-state index contributed by atoms with van der Waals surface area (Å²) in [6, 6.07) is 0. The summed E-state index contributed by atoms with van der Waals surface area (Å²) in [5.74, 6) is 0. The average Bonchev–Trinajstić information content (AvgIpc) is 1.81. The lowest BCUT2D eigenvalue weighted by Gasteiger charge is -1.94. The van der Waals surface area contributed by atoms with Gasteiger partial charge >= 0.3 is 0 Å². The second kappa shape index (κ2) is 6.40. The van der Waals surface area contributed by atoms with E-state index in [0.717, 1.165) is 6.54 Å². The standard InChI is InChI=1S/C6H11N2/c1-3-5-7-8-6-4-2/h3-4,7H,1-2,5-6H2. The van der Waals surface area contributed by atoms with Crippen LogP contribution in [0.3, 0.4) is 0 Å². The molecule has 0 spiro atoms. The lowest BCUT2D eigenvalue weighted by molar-refractivity contribution is 0.596. The van der Waals surface area contributed by atoms with Crippen molar-refractivity contribution in [2.75, 3.05) is 13.1 Å². The summed E-state index contributed by atoms with van der Waals surface area (Å²) >= 11 is 0. The fourth-order valence-electron chi connectivity index (χ4n) is 0.258. The third-order valence-corrected chi connectivity index (χ3v) is 0.568. The molecule has 0 unspecified atom stereocenters. The van der Waals surface area contributed by atoms with Crippen LogP contribution < -0.4 is 10.9 Å². The van der Waals surface area contributed by atoms with Gasteiger partial charge in [-0.05, 0) is 0 Å². The summed E-state index contributed by atoms with van der Waals surface area (Å²) in [6.45, 7) is 8.40. The molecular formula is C6H11N2. The Bertz CT molecular complexity index is 58.9. The first-order valence-electron chi connectivity index (χ1n) is 2.53. The minimum absolute atomic E-state index is 0.661. The second-order valence-electron chi connectivity index (χ2n) is 1.28. The van der Waals surface area contributed by atoms with Crippen LogP contribution in [0.1, 0.15) is 0 Å². The van der Waals surface area contributed by atoms with Gasteiger partial charge in [0.15, 0.2) is 0 Å². The first-order valence-corrected chi connectivity index (χ1v) is 2.53. The Hall–Kier alpha value is -0.600. The van der Waals surface area contributed by atoms with Gasteiger partial charge in [0.05, 0.1) is 0 Å². The Labute approximate surface area is 50.3 Å². The molecule has 0 bridgehead atoms. The molecule has 0 fully saturated rings. The highest BCUT2D eigenvalue weighted by molar-refractivity contribution is 4.71. The average molecular weight is 111 g/mol. The molecular weight excluding hydrogens is 100 g/mol. The zero-order valence-corrected chi connectivity index (χ0v) is 4.93. The summed E-state index contributed by atoms with van der Waals surface area (Å²) in [4.78, 5) is 0. The molecule has 2 nitrogen and oxygen atoms in total. The number of hydrogen-bond donors (Lipinski definition) is 1. The second-order valence-corrected chi connectivity index (χ2v) is 1.28. The minimum Gasteiger partial charge on any atom is -0.236 e. The monoisotopic (exact) mass is 111 g/mol. The van der Waals surface area contributed by atoms with E-state index in [2.05, 4.69) is 24.0 Å². The molecule has 1 N–H and O–H groups in total. The predicted molar refractivity (Wildman–Crippen MR) is 35.4 cm³/mol. The molecule has 0 aromatic heterocycles. The molecule has 2 heteroatoms. The maximum absolute atomic E-state index is 3.84. The molecule has 0 aliphatic heterocycles. The molecule has 0 atom stereocenters. The summed E-state index contributed by atoms with van der Waals surface area (Å²) in [7, 11) is 0. The zero-order chi connectivity index (χ0) is 6.24. The van der Waals surface area contributed by atoms with Crippen LogP contribution in [-0.4, -0.2) is 13.1 Å². The van der Waals surface area contributed by atoms with Gasteiger partial charge in [-0.25, -0.2) is 5.43 Å². The molecule has 0 aliphatic carbocycles. The summed E-state index contributed by atoms with van der Waals surface area (Å²) in [5, 5.41) is 0. The van der Waals surface area contributed by atoms with Crippen molar-refractivity contribution in [1.82, 2.24) is 10.9 Å². The van der Waals surface area contributed by atoms with Gasteiger partial charge in [-0.3, -0.25) is 0 Å². The number of rotatable bonds is 5. The molecule has 0 saturated heterocycles. The Morgan fingerprint density at radius 2 is 2.12 bits per heavy atom. The van der Waals surface area contributed by atoms with Crippen molar-refractivity contribution in [3.63, 3.8) is 0 Å². The Kier molecular flexibility index (Phi) is 5.92. The van der Waals surface area contributed by atoms with Crippen LogP contribution in [0.2, 0.25) is 0 Å². The van der Waals surface area contributed by atoms with Crippen LogP contribution >= 0.6 is 0 Å². The molecule has 0 aliphatic rings. The van der Waals surface area contributed by atoms with Gasteiger partial charge in [-0.1, -0.05) is 12.2 Å². The van der Waals surface area contributed by atoms with E-state index in [0.29, 0.717) is 6.54 Å². The van der Waals surface area contributed by atoms with Crippen molar-refractivity contribution in [3.8, 4) is 0 Å². The van der Waals surface area contributed by atoms with Gasteiger partial charge in [-0.15, -0.1) is 13.2 Å². The van der Waals surface area contributed by atoms with E-state index >= 15 is 0 Å². The van der Waals surface area contributed by atoms with Crippen LogP contribution in [0, 0.1) is 0 Å². The third kappa shape index (κ3) is 5.40. The lowest BCUT2D eigenvalue weighted by Crippen LogP contribution is -2.24. The molecule has 0 saturated carbocycles. The molecule has 45 valence electrons. The van der Waals surface area contributed by atoms with Crippen LogP contribution in [0.15, 0.2) is 25.3 Å². The Balaban J connectivity index is 2.71. The highest BCUT2D eigenvalue weighted by Gasteiger charge is 1.75. The lowest BCUT2D eigenvalue weighted by atomic mass is 10.6. The number of hydrogen-bond acceptors (Lipinski definition) is 1. The van der Waals surface area contributed by atoms with Crippen LogP contribution in [0.4, 0.5) is 0 Å². The van der Waals surface area contributed by atoms with Crippen molar-refractivity contribution in [2.45, 2.75) is 0 Å². The number of nitrogens with one attached hydrogen (secondary N) is 1. The maximum Gasteiger partial charge on any atom is 0.0482 e. The molecule has 0 aromatic carbocycles. The number of nitrogens with zero attached hydrogens (tertiary/aromatic N) is 1. The predicted octanol–water partition coefficient (Wildman–Crippen LogP) is 0.467. The van der Waals surface area contributed by atoms with E-state index in [9.17, 15) is 0 Å². The summed E-state index contributed by atoms with van der Waals surface area (Å²) < 4.78 is 0. The summed E-state index contributed by atoms with van der Waals surface area (Å²) in [6.07, 6.45) is 3.49. The SMILES string of the molecule is C=CC[N]NCC=C. The van der Waals surface area contributed by atoms with Gasteiger partial charge in [0.2, 0.25) is 0 Å². The Morgan fingerprint density at radius 3 is 2.62 bits per heavy atom. The normalized spacial score (nSPS) is 8.50. The van der Waals surface area contributed by atoms with Crippen LogP contribution in [-0.2, 0) is 0 Å². The van der Waals surface area contributed by atoms with Gasteiger partial charge in [-0.2, -0.15) is 5.43 Å². The van der Waals surface area contributed by atoms with Gasteiger partial charge in [0.1, 0.15) is 0 Å². The van der Waals surface area contributed by atoms with Gasteiger partial charge in [0, 0.05) is 13.1 Å². The largest absolute Gasteiger partial charge is 0.236 e. The molecule has 0 rings (SSSR count). The zero-order valence-electron chi connectivity index (χ0n) is 4.93. The molecule has 0 aromatic rings. The van der Waals surface area contributed by atoms with Crippen molar-refractivity contribution >= 4 is 0 Å². The first kappa shape index (κ1) is 7.40. The first-order chi connectivity index (χ1) is 3.91. The van der Waals surface area contributed by atoms with Crippen molar-refractivity contribution in [3.05, 3.63) is 25.3 Å². The molecule has 1 radical (unpaired) electrons. The van der Waals surface area contributed by atoms with Gasteiger partial charge < -0.3 is 0 Å². The van der Waals surface area contributed by atoms with Gasteiger partial charge in [0.25, 0.3) is 0 Å². The topological polar surface area (TPSA) is 26.1 Å². The van der Waals surface area contributed by atoms with Crippen molar-refractivity contribution in [2.24, 2.45) is 0 Å². The van der Waals surface area contributed by atoms with Crippen molar-refractivity contribution in [1.29, 1.82) is 0 Å². The van der Waals surface area contributed by atoms with Crippen LogP contribution in [0.5, 0.6) is 0 Å². The fraction of sp³-hybridized carbons (Fsp3) is 0.333. The Morgan fingerprint density at radius 1 is 1.38 bits per heavy atom. The highest BCUT2D eigenvalue weighted by atomic mass is 15.3. The highest BCUT2D eigenvalue weighted by Crippen LogP contribution is 1.59. The van der Waals surface area contributed by atoms with E-state index in [4.69, 9.17) is 0 Å². The van der Waals surface area contributed by atoms with E-state index in [1.807, 2.05) is 0 Å². The quantitative estimate of drug-likeness (QED) is 0.311. The summed E-state index contributed by atoms with van der Waals surface area (Å²) in [5.41, 5.74) is 6.61. The van der Waals surface area contributed by atoms with Crippen LogP contribution in [0.25, 0.3) is 0 Å². The smallest absolute Gasteiger partial charge is 0.0482 e. The third-order valence-electron chi connectivity index (χ3n) is 0.568. The van der Waals surface area contributed by atoms with Crippen molar-refractivity contribution < 1.29 is 0 Å².